The molecule has 1 saturated heterocycles. The van der Waals surface area contributed by atoms with Crippen LogP contribution in [0.2, 0.25) is 0 Å². The highest BCUT2D eigenvalue weighted by atomic mass is 32.1. The fourth-order valence-corrected chi connectivity index (χ4v) is 3.69. The highest BCUT2D eigenvalue weighted by molar-refractivity contribution is 7.11. The third kappa shape index (κ3) is 2.98. The van der Waals surface area contributed by atoms with Crippen molar-refractivity contribution in [1.29, 1.82) is 0 Å². The zero-order valence-corrected chi connectivity index (χ0v) is 12.3. The largest absolute Gasteiger partial charge is 0.443 e. The van der Waals surface area contributed by atoms with Gasteiger partial charge in [-0.05, 0) is 39.8 Å². The quantitative estimate of drug-likeness (QED) is 0.663. The molecule has 1 atom stereocenters. The number of likely N-dealkylation sites (tertiary alicyclic amines) is 1. The molecule has 114 valence electrons. The number of nitrogens with zero attached hydrogens (tertiary/aromatic N) is 2. The van der Waals surface area contributed by atoms with Crippen LogP contribution >= 0.6 is 11.3 Å². The molecule has 0 saturated carbocycles. The van der Waals surface area contributed by atoms with Crippen LogP contribution in [0.4, 0.5) is 13.2 Å². The third-order valence-corrected chi connectivity index (χ3v) is 4.95. The number of hydrazine groups is 1. The molecule has 0 aromatic carbocycles. The summed E-state index contributed by atoms with van der Waals surface area (Å²) in [7, 11) is 0. The number of hydrogen-bond donors (Lipinski definition) is 2. The number of thiazole rings is 1. The number of halogens is 3. The molecule has 2 rings (SSSR count). The van der Waals surface area contributed by atoms with Gasteiger partial charge in [-0.25, -0.2) is 4.98 Å². The van der Waals surface area contributed by atoms with Gasteiger partial charge < -0.3 is 0 Å². The second kappa shape index (κ2) is 5.59. The van der Waals surface area contributed by atoms with Crippen molar-refractivity contribution in [2.45, 2.75) is 44.4 Å². The molecule has 4 nitrogen and oxygen atoms in total. The number of nitrogens with one attached hydrogen (secondary N) is 1. The van der Waals surface area contributed by atoms with Gasteiger partial charge in [0.15, 0.2) is 5.01 Å². The van der Waals surface area contributed by atoms with Crippen molar-refractivity contribution in [1.82, 2.24) is 15.3 Å². The van der Waals surface area contributed by atoms with Crippen LogP contribution in [-0.4, -0.2) is 28.5 Å². The van der Waals surface area contributed by atoms with E-state index < -0.39 is 11.2 Å². The Kier molecular flexibility index (Phi) is 4.38. The van der Waals surface area contributed by atoms with Crippen molar-refractivity contribution in [3.8, 4) is 0 Å². The average molecular weight is 308 g/mol. The molecule has 0 spiro atoms. The summed E-state index contributed by atoms with van der Waals surface area (Å²) in [5.74, 6) is 5.60. The summed E-state index contributed by atoms with van der Waals surface area (Å²) < 4.78 is 38.0. The van der Waals surface area contributed by atoms with Crippen molar-refractivity contribution >= 4 is 11.3 Å². The maximum atomic E-state index is 12.7. The lowest BCUT2D eigenvalue weighted by atomic mass is 9.92. The molecule has 1 aliphatic rings. The Labute approximate surface area is 120 Å². The van der Waals surface area contributed by atoms with Gasteiger partial charge in [-0.3, -0.25) is 16.2 Å². The Hall–Kier alpha value is -0.700. The maximum Gasteiger partial charge on any atom is 0.443 e. The molecule has 8 heteroatoms. The zero-order chi connectivity index (χ0) is 15.0. The number of hydrogen-bond acceptors (Lipinski definition) is 5. The SMILES string of the molecule is CC(C)(C(NN)c1cnc(C(F)(F)F)s1)N1CCCC1. The predicted octanol–water partition coefficient (Wildman–Crippen LogP) is 2.54. The maximum absolute atomic E-state index is 12.7. The molecule has 20 heavy (non-hydrogen) atoms. The standard InChI is InChI=1S/C12H19F3N4S/c1-11(2,19-5-3-4-6-19)9(18-16)8-7-17-10(20-8)12(13,14)15/h7,9,18H,3-6,16H2,1-2H3. The third-order valence-electron chi connectivity index (χ3n) is 3.84. The summed E-state index contributed by atoms with van der Waals surface area (Å²) in [6.07, 6.45) is -0.913. The van der Waals surface area contributed by atoms with Crippen LogP contribution in [0.25, 0.3) is 0 Å². The monoisotopic (exact) mass is 308 g/mol. The zero-order valence-electron chi connectivity index (χ0n) is 11.5. The minimum absolute atomic E-state index is 0.360. The van der Waals surface area contributed by atoms with Gasteiger partial charge in [-0.15, -0.1) is 11.3 Å². The van der Waals surface area contributed by atoms with Gasteiger partial charge in [0.1, 0.15) is 0 Å². The van der Waals surface area contributed by atoms with E-state index in [2.05, 4.69) is 15.3 Å². The van der Waals surface area contributed by atoms with Gasteiger partial charge in [0.25, 0.3) is 0 Å². The Balaban J connectivity index is 2.25. The number of rotatable bonds is 4. The van der Waals surface area contributed by atoms with Crippen molar-refractivity contribution in [3.63, 3.8) is 0 Å². The van der Waals surface area contributed by atoms with Crippen molar-refractivity contribution in [3.05, 3.63) is 16.1 Å². The fourth-order valence-electron chi connectivity index (χ4n) is 2.66. The van der Waals surface area contributed by atoms with E-state index in [4.69, 9.17) is 5.84 Å². The minimum Gasteiger partial charge on any atom is -0.296 e. The van der Waals surface area contributed by atoms with Crippen LogP contribution in [0, 0.1) is 0 Å². The predicted molar refractivity (Wildman–Crippen MR) is 72.1 cm³/mol. The average Bonchev–Trinajstić information content (AvgIpc) is 2.99. The topological polar surface area (TPSA) is 54.2 Å². The van der Waals surface area contributed by atoms with Gasteiger partial charge in [-0.1, -0.05) is 0 Å². The summed E-state index contributed by atoms with van der Waals surface area (Å²) in [5.41, 5.74) is 2.30. The van der Waals surface area contributed by atoms with Gasteiger partial charge >= 0.3 is 6.18 Å². The summed E-state index contributed by atoms with van der Waals surface area (Å²) in [4.78, 5) is 6.24. The van der Waals surface area contributed by atoms with Gasteiger partial charge in [0.2, 0.25) is 0 Å². The van der Waals surface area contributed by atoms with Crippen LogP contribution in [0.3, 0.4) is 0 Å². The van der Waals surface area contributed by atoms with E-state index in [9.17, 15) is 13.2 Å². The molecule has 1 fully saturated rings. The smallest absolute Gasteiger partial charge is 0.296 e. The molecule has 0 aliphatic carbocycles. The molecule has 1 aromatic rings. The van der Waals surface area contributed by atoms with E-state index in [0.717, 1.165) is 25.9 Å². The summed E-state index contributed by atoms with van der Waals surface area (Å²) in [5, 5.41) is -0.829. The fraction of sp³-hybridized carbons (Fsp3) is 0.750. The van der Waals surface area contributed by atoms with Crippen LogP contribution in [0.5, 0.6) is 0 Å². The van der Waals surface area contributed by atoms with Gasteiger partial charge in [0.05, 0.1) is 6.04 Å². The highest BCUT2D eigenvalue weighted by Crippen LogP contribution is 2.39. The first-order valence-corrected chi connectivity index (χ1v) is 7.32. The molecule has 3 N–H and O–H groups in total. The van der Waals surface area contributed by atoms with Crippen molar-refractivity contribution in [2.75, 3.05) is 13.1 Å². The van der Waals surface area contributed by atoms with E-state index in [1.807, 2.05) is 13.8 Å². The first-order valence-electron chi connectivity index (χ1n) is 6.51. The lowest BCUT2D eigenvalue weighted by Crippen LogP contribution is -2.52. The number of alkyl halides is 3. The lowest BCUT2D eigenvalue weighted by molar-refractivity contribution is -0.137. The Bertz CT molecular complexity index is 452. The summed E-state index contributed by atoms with van der Waals surface area (Å²) >= 11 is 0.653. The molecule has 1 unspecified atom stereocenters. The number of nitrogens with two attached hydrogens (primary N) is 1. The Morgan fingerprint density at radius 3 is 2.40 bits per heavy atom. The Morgan fingerprint density at radius 1 is 1.35 bits per heavy atom. The summed E-state index contributed by atoms with van der Waals surface area (Å²) in [6, 6.07) is -0.380. The van der Waals surface area contributed by atoms with Crippen LogP contribution in [0.15, 0.2) is 6.20 Å². The lowest BCUT2D eigenvalue weighted by Gasteiger charge is -2.41. The van der Waals surface area contributed by atoms with Crippen LogP contribution in [-0.2, 0) is 6.18 Å². The van der Waals surface area contributed by atoms with Crippen LogP contribution < -0.4 is 11.3 Å². The van der Waals surface area contributed by atoms with E-state index in [1.54, 1.807) is 0 Å². The molecular formula is C12H19F3N4S. The number of aromatic nitrogens is 1. The second-order valence-electron chi connectivity index (χ2n) is 5.51. The molecule has 2 heterocycles. The van der Waals surface area contributed by atoms with Gasteiger partial charge in [0, 0.05) is 16.6 Å². The molecule has 0 amide bonds. The van der Waals surface area contributed by atoms with Crippen molar-refractivity contribution in [2.24, 2.45) is 5.84 Å². The first kappa shape index (κ1) is 15.7. The van der Waals surface area contributed by atoms with E-state index >= 15 is 0 Å². The minimum atomic E-state index is -4.40. The molecule has 1 aliphatic heterocycles. The molecule has 1 aromatic heterocycles. The van der Waals surface area contributed by atoms with E-state index in [1.165, 1.54) is 6.20 Å². The molecule has 0 radical (unpaired) electrons. The second-order valence-corrected chi connectivity index (χ2v) is 6.58. The van der Waals surface area contributed by atoms with E-state index in [0.29, 0.717) is 16.2 Å². The Morgan fingerprint density at radius 2 is 1.95 bits per heavy atom. The normalized spacial score (nSPS) is 19.5. The first-order chi connectivity index (χ1) is 9.26. The van der Waals surface area contributed by atoms with Crippen molar-refractivity contribution < 1.29 is 13.2 Å². The van der Waals surface area contributed by atoms with E-state index in [-0.39, 0.29) is 11.6 Å². The summed E-state index contributed by atoms with van der Waals surface area (Å²) in [6.45, 7) is 5.87. The molecule has 0 bridgehead atoms. The highest BCUT2D eigenvalue weighted by Gasteiger charge is 2.40. The van der Waals surface area contributed by atoms with Gasteiger partial charge in [-0.2, -0.15) is 13.2 Å². The van der Waals surface area contributed by atoms with Crippen LogP contribution in [0.1, 0.15) is 42.6 Å². The molecular weight excluding hydrogens is 289 g/mol.